The third kappa shape index (κ3) is 5.08. The molecule has 3 aliphatic heterocycles. The first-order valence-corrected chi connectivity index (χ1v) is 13.0. The summed E-state index contributed by atoms with van der Waals surface area (Å²) in [6.45, 7) is 11.5. The Morgan fingerprint density at radius 3 is 2.56 bits per heavy atom. The highest BCUT2D eigenvalue weighted by Gasteiger charge is 2.42. The molecule has 2 atom stereocenters. The number of hydrogen-bond acceptors (Lipinski definition) is 4. The van der Waals surface area contributed by atoms with Gasteiger partial charge in [0, 0.05) is 18.2 Å². The average Bonchev–Trinajstić information content (AvgIpc) is 3.06. The standard InChI is InChI=1S/C29H36F2N2O3/c1-17(2)16-35-22-10-19(9-21(30)12-22)23-11-20-14-29(3,4)27(24(20)13-25(23)31)32-28(34)36-26-15-33-7-5-18(26)6-8-33/h9-13,17-18,26-27H,5-8,14-16H2,1-4H3,(H,32,34)/t26-,27-/m0/s1. The van der Waals surface area contributed by atoms with Crippen LogP contribution in [0, 0.1) is 28.9 Å². The number of benzene rings is 2. The van der Waals surface area contributed by atoms with Crippen LogP contribution in [0.1, 0.15) is 57.7 Å². The van der Waals surface area contributed by atoms with Gasteiger partial charge in [0.25, 0.3) is 0 Å². The van der Waals surface area contributed by atoms with Crippen LogP contribution in [0.3, 0.4) is 0 Å². The molecule has 0 aromatic heterocycles. The third-order valence-electron chi connectivity index (χ3n) is 7.85. The molecule has 2 bridgehead atoms. The summed E-state index contributed by atoms with van der Waals surface area (Å²) in [4.78, 5) is 15.2. The van der Waals surface area contributed by atoms with Crippen LogP contribution in [0.5, 0.6) is 5.75 Å². The molecule has 5 nitrogen and oxygen atoms in total. The van der Waals surface area contributed by atoms with E-state index in [-0.39, 0.29) is 23.5 Å². The molecule has 3 heterocycles. The van der Waals surface area contributed by atoms with Crippen LogP contribution in [0.15, 0.2) is 30.3 Å². The van der Waals surface area contributed by atoms with Crippen LogP contribution in [0.25, 0.3) is 11.1 Å². The van der Waals surface area contributed by atoms with Gasteiger partial charge in [0.2, 0.25) is 0 Å². The molecule has 3 saturated heterocycles. The summed E-state index contributed by atoms with van der Waals surface area (Å²) in [7, 11) is 0. The van der Waals surface area contributed by atoms with Crippen molar-refractivity contribution in [3.8, 4) is 16.9 Å². The molecule has 3 fully saturated rings. The van der Waals surface area contributed by atoms with Crippen LogP contribution in [0.4, 0.5) is 13.6 Å². The predicted molar refractivity (Wildman–Crippen MR) is 135 cm³/mol. The van der Waals surface area contributed by atoms with Crippen LogP contribution in [-0.4, -0.2) is 43.3 Å². The number of hydrogen-bond donors (Lipinski definition) is 1. The van der Waals surface area contributed by atoms with E-state index in [0.717, 1.165) is 43.6 Å². The van der Waals surface area contributed by atoms with Crippen LogP contribution < -0.4 is 10.1 Å². The number of amides is 1. The average molecular weight is 499 g/mol. The first kappa shape index (κ1) is 25.0. The van der Waals surface area contributed by atoms with E-state index in [1.807, 2.05) is 13.8 Å². The molecule has 1 aliphatic carbocycles. The number of nitrogens with zero attached hydrogens (tertiary/aromatic N) is 1. The summed E-state index contributed by atoms with van der Waals surface area (Å²) >= 11 is 0. The summed E-state index contributed by atoms with van der Waals surface area (Å²) in [6.07, 6.45) is 2.26. The Morgan fingerprint density at radius 1 is 1.14 bits per heavy atom. The Balaban J connectivity index is 1.36. The first-order valence-electron chi connectivity index (χ1n) is 13.0. The Morgan fingerprint density at radius 2 is 1.89 bits per heavy atom. The summed E-state index contributed by atoms with van der Waals surface area (Å²) < 4.78 is 41.3. The van der Waals surface area contributed by atoms with E-state index in [2.05, 4.69) is 24.1 Å². The number of rotatable bonds is 6. The highest BCUT2D eigenvalue weighted by molar-refractivity contribution is 5.71. The van der Waals surface area contributed by atoms with Gasteiger partial charge in [0.15, 0.2) is 0 Å². The lowest BCUT2D eigenvalue weighted by atomic mass is 9.85. The molecule has 0 radical (unpaired) electrons. The molecule has 0 unspecified atom stereocenters. The smallest absolute Gasteiger partial charge is 0.407 e. The lowest BCUT2D eigenvalue weighted by molar-refractivity contribution is -0.0349. The summed E-state index contributed by atoms with van der Waals surface area (Å²) in [6, 6.07) is 7.22. The minimum absolute atomic E-state index is 0.0873. The Labute approximate surface area is 212 Å². The zero-order valence-corrected chi connectivity index (χ0v) is 21.6. The van der Waals surface area contributed by atoms with E-state index in [4.69, 9.17) is 9.47 Å². The zero-order valence-electron chi connectivity index (χ0n) is 21.6. The molecule has 6 rings (SSSR count). The maximum atomic E-state index is 15.4. The molecule has 0 spiro atoms. The van der Waals surface area contributed by atoms with Gasteiger partial charge in [0.1, 0.15) is 23.5 Å². The number of fused-ring (bicyclic) bond motifs is 4. The van der Waals surface area contributed by atoms with Gasteiger partial charge in [0.05, 0.1) is 12.6 Å². The summed E-state index contributed by atoms with van der Waals surface area (Å²) in [5, 5.41) is 3.04. The molecular formula is C29H36F2N2O3. The third-order valence-corrected chi connectivity index (χ3v) is 7.85. The van der Waals surface area contributed by atoms with Gasteiger partial charge in [-0.3, -0.25) is 4.90 Å². The minimum atomic E-state index is -0.471. The molecule has 36 heavy (non-hydrogen) atoms. The van der Waals surface area contributed by atoms with Crippen molar-refractivity contribution in [2.24, 2.45) is 17.3 Å². The van der Waals surface area contributed by atoms with Gasteiger partial charge in [-0.25, -0.2) is 13.6 Å². The lowest BCUT2D eigenvalue weighted by Crippen LogP contribution is -2.53. The maximum absolute atomic E-state index is 15.4. The largest absolute Gasteiger partial charge is 0.493 e. The Hall–Kier alpha value is -2.67. The van der Waals surface area contributed by atoms with Gasteiger partial charge >= 0.3 is 6.09 Å². The number of alkyl carbamates (subject to hydrolysis) is 1. The van der Waals surface area contributed by atoms with E-state index in [0.29, 0.717) is 35.8 Å². The van der Waals surface area contributed by atoms with E-state index >= 15 is 4.39 Å². The minimum Gasteiger partial charge on any atom is -0.493 e. The monoisotopic (exact) mass is 498 g/mol. The molecule has 7 heteroatoms. The molecule has 0 saturated carbocycles. The van der Waals surface area contributed by atoms with E-state index in [9.17, 15) is 9.18 Å². The number of carbonyl (C=O) groups excluding carboxylic acids is 1. The van der Waals surface area contributed by atoms with E-state index in [1.165, 1.54) is 18.2 Å². The SMILES string of the molecule is CC(C)COc1cc(F)cc(-c2cc3c(cc2F)[C@H](NC(=O)O[C@H]2CN4CCC2CC4)C(C)(C)C3)c1. The normalized spacial score (nSPS) is 26.1. The molecule has 1 amide bonds. The van der Waals surface area contributed by atoms with Crippen LogP contribution >= 0.6 is 0 Å². The van der Waals surface area contributed by atoms with E-state index < -0.39 is 17.7 Å². The summed E-state index contributed by atoms with van der Waals surface area (Å²) in [5.74, 6) is 0.169. The molecule has 4 aliphatic rings. The molecular weight excluding hydrogens is 462 g/mol. The number of nitrogens with one attached hydrogen (secondary N) is 1. The topological polar surface area (TPSA) is 50.8 Å². The first-order chi connectivity index (χ1) is 17.1. The fourth-order valence-corrected chi connectivity index (χ4v) is 5.96. The highest BCUT2D eigenvalue weighted by atomic mass is 19.1. The number of ether oxygens (including phenoxy) is 2. The fraction of sp³-hybridized carbons (Fsp3) is 0.552. The number of piperidine rings is 3. The quantitative estimate of drug-likeness (QED) is 0.522. The fourth-order valence-electron chi connectivity index (χ4n) is 5.96. The van der Waals surface area contributed by atoms with Gasteiger partial charge in [-0.15, -0.1) is 0 Å². The van der Waals surface area contributed by atoms with Crippen molar-refractivity contribution in [2.45, 2.75) is 59.1 Å². The Bertz CT molecular complexity index is 1140. The van der Waals surface area contributed by atoms with E-state index in [1.54, 1.807) is 12.1 Å². The van der Waals surface area contributed by atoms with Crippen molar-refractivity contribution in [3.05, 3.63) is 53.1 Å². The predicted octanol–water partition coefficient (Wildman–Crippen LogP) is 6.11. The van der Waals surface area contributed by atoms with Crippen molar-refractivity contribution >= 4 is 6.09 Å². The second-order valence-electron chi connectivity index (χ2n) is 11.7. The molecule has 1 N–H and O–H groups in total. The van der Waals surface area contributed by atoms with Crippen LogP contribution in [-0.2, 0) is 11.2 Å². The van der Waals surface area contributed by atoms with Gasteiger partial charge in [-0.2, -0.15) is 0 Å². The lowest BCUT2D eigenvalue weighted by Gasteiger charge is -2.44. The summed E-state index contributed by atoms with van der Waals surface area (Å²) in [5.41, 5.74) is 2.13. The van der Waals surface area contributed by atoms with Crippen molar-refractivity contribution in [1.82, 2.24) is 10.2 Å². The number of halogens is 2. The maximum Gasteiger partial charge on any atom is 0.407 e. The zero-order chi connectivity index (χ0) is 25.6. The molecule has 194 valence electrons. The van der Waals surface area contributed by atoms with Gasteiger partial charge < -0.3 is 14.8 Å². The Kier molecular flexibility index (Phi) is 6.70. The van der Waals surface area contributed by atoms with Crippen molar-refractivity contribution in [2.75, 3.05) is 26.2 Å². The van der Waals surface area contributed by atoms with Crippen molar-refractivity contribution in [3.63, 3.8) is 0 Å². The second kappa shape index (κ2) is 9.66. The highest BCUT2D eigenvalue weighted by Crippen LogP contribution is 2.47. The van der Waals surface area contributed by atoms with Crippen LogP contribution in [0.2, 0.25) is 0 Å². The van der Waals surface area contributed by atoms with Crippen molar-refractivity contribution < 1.29 is 23.0 Å². The van der Waals surface area contributed by atoms with Crippen molar-refractivity contribution in [1.29, 1.82) is 0 Å². The van der Waals surface area contributed by atoms with Gasteiger partial charge in [-0.1, -0.05) is 27.7 Å². The molecule has 2 aromatic carbocycles. The second-order valence-corrected chi connectivity index (χ2v) is 11.7. The van der Waals surface area contributed by atoms with Gasteiger partial charge in [-0.05, 0) is 90.6 Å². The number of carbonyl (C=O) groups is 1. The molecule has 2 aromatic rings.